The monoisotopic (exact) mass is 295 g/mol. The zero-order valence-corrected chi connectivity index (χ0v) is 13.0. The predicted molar refractivity (Wildman–Crippen MR) is 83.8 cm³/mol. The topological polar surface area (TPSA) is 67.6 Å². The number of likely N-dealkylation sites (N-methyl/N-ethyl adjacent to an activating group) is 1. The molecule has 6 nitrogen and oxygen atoms in total. The Hall–Kier alpha value is -1.66. The van der Waals surface area contributed by atoms with Gasteiger partial charge in [-0.3, -0.25) is 10.1 Å². The van der Waals surface area contributed by atoms with Gasteiger partial charge in [0.25, 0.3) is 5.69 Å². The molecule has 21 heavy (non-hydrogen) atoms. The van der Waals surface area contributed by atoms with Gasteiger partial charge < -0.3 is 15.0 Å². The second-order valence-corrected chi connectivity index (χ2v) is 5.09. The van der Waals surface area contributed by atoms with Crippen molar-refractivity contribution in [3.05, 3.63) is 34.4 Å². The van der Waals surface area contributed by atoms with Crippen molar-refractivity contribution < 1.29 is 9.66 Å². The minimum atomic E-state index is -0.418. The first kappa shape index (κ1) is 17.4. The number of non-ortho nitro benzene ring substituents is 1. The number of nitro benzene ring substituents is 1. The molecular weight excluding hydrogens is 270 g/mol. The van der Waals surface area contributed by atoms with E-state index in [4.69, 9.17) is 4.74 Å². The lowest BCUT2D eigenvalue weighted by Crippen LogP contribution is -2.36. The Morgan fingerprint density at radius 2 is 2.00 bits per heavy atom. The van der Waals surface area contributed by atoms with Gasteiger partial charge in [-0.15, -0.1) is 0 Å². The molecule has 0 heterocycles. The highest BCUT2D eigenvalue weighted by atomic mass is 16.6. The average molecular weight is 295 g/mol. The molecule has 0 amide bonds. The summed E-state index contributed by atoms with van der Waals surface area (Å²) >= 11 is 0. The summed E-state index contributed by atoms with van der Waals surface area (Å²) in [5.41, 5.74) is 0.0774. The second kappa shape index (κ2) is 9.31. The Morgan fingerprint density at radius 3 is 2.57 bits per heavy atom. The van der Waals surface area contributed by atoms with Crippen molar-refractivity contribution in [1.82, 2.24) is 10.2 Å². The lowest BCUT2D eigenvalue weighted by molar-refractivity contribution is -0.384. The molecule has 1 aromatic carbocycles. The maximum Gasteiger partial charge on any atom is 0.269 e. The number of hydrogen-bond donors (Lipinski definition) is 1. The van der Waals surface area contributed by atoms with Crippen LogP contribution in [0.25, 0.3) is 0 Å². The zero-order valence-electron chi connectivity index (χ0n) is 13.0. The Bertz CT molecular complexity index is 423. The van der Waals surface area contributed by atoms with Gasteiger partial charge >= 0.3 is 0 Å². The van der Waals surface area contributed by atoms with E-state index < -0.39 is 4.92 Å². The molecule has 0 aliphatic rings. The van der Waals surface area contributed by atoms with Gasteiger partial charge in [0.1, 0.15) is 12.4 Å². The zero-order chi connectivity index (χ0) is 15.7. The minimum Gasteiger partial charge on any atom is -0.492 e. The van der Waals surface area contributed by atoms with Crippen molar-refractivity contribution in [2.75, 3.05) is 33.3 Å². The van der Waals surface area contributed by atoms with Crippen LogP contribution in [0, 0.1) is 10.1 Å². The van der Waals surface area contributed by atoms with E-state index in [2.05, 4.69) is 31.1 Å². The average Bonchev–Trinajstić information content (AvgIpc) is 2.50. The molecule has 118 valence electrons. The maximum atomic E-state index is 10.5. The van der Waals surface area contributed by atoms with Gasteiger partial charge in [0.05, 0.1) is 4.92 Å². The van der Waals surface area contributed by atoms with Crippen LogP contribution in [0.4, 0.5) is 5.69 Å². The molecule has 6 heteroatoms. The molecule has 0 spiro atoms. The van der Waals surface area contributed by atoms with Crippen LogP contribution in [0.2, 0.25) is 0 Å². The molecule has 0 bridgehead atoms. The van der Waals surface area contributed by atoms with E-state index in [1.54, 1.807) is 12.1 Å². The molecule has 1 rings (SSSR count). The van der Waals surface area contributed by atoms with Gasteiger partial charge in [-0.25, -0.2) is 0 Å². The fourth-order valence-corrected chi connectivity index (χ4v) is 1.82. The number of nitrogens with zero attached hydrogens (tertiary/aromatic N) is 2. The van der Waals surface area contributed by atoms with Crippen molar-refractivity contribution in [1.29, 1.82) is 0 Å². The summed E-state index contributed by atoms with van der Waals surface area (Å²) in [6.07, 6.45) is 1.15. The fourth-order valence-electron chi connectivity index (χ4n) is 1.82. The van der Waals surface area contributed by atoms with Crippen LogP contribution < -0.4 is 10.1 Å². The smallest absolute Gasteiger partial charge is 0.269 e. The van der Waals surface area contributed by atoms with Crippen molar-refractivity contribution in [2.24, 2.45) is 0 Å². The highest BCUT2D eigenvalue weighted by Gasteiger charge is 2.05. The Labute approximate surface area is 126 Å². The Kier molecular flexibility index (Phi) is 7.71. The molecular formula is C15H25N3O3. The van der Waals surface area contributed by atoms with Crippen LogP contribution >= 0.6 is 0 Å². The highest BCUT2D eigenvalue weighted by Crippen LogP contribution is 2.16. The summed E-state index contributed by atoms with van der Waals surface area (Å²) in [5, 5.41) is 13.8. The van der Waals surface area contributed by atoms with E-state index in [1.165, 1.54) is 12.1 Å². The number of nitro groups is 1. The maximum absolute atomic E-state index is 10.5. The number of hydrogen-bond acceptors (Lipinski definition) is 5. The first-order valence-electron chi connectivity index (χ1n) is 7.32. The van der Waals surface area contributed by atoms with Crippen LogP contribution in [0.1, 0.15) is 20.3 Å². The normalized spacial score (nSPS) is 12.4. The van der Waals surface area contributed by atoms with E-state index in [1.807, 2.05) is 0 Å². The van der Waals surface area contributed by atoms with Crippen LogP contribution in [-0.4, -0.2) is 49.2 Å². The molecule has 1 atom stereocenters. The van der Waals surface area contributed by atoms with Crippen molar-refractivity contribution in [2.45, 2.75) is 26.3 Å². The fraction of sp³-hybridized carbons (Fsp3) is 0.600. The number of ether oxygens (including phenoxy) is 1. The summed E-state index contributed by atoms with van der Waals surface area (Å²) < 4.78 is 5.52. The third kappa shape index (κ3) is 6.55. The SMILES string of the molecule is CCC(C)N(C)CCNCCOc1ccc([N+](=O)[O-])cc1. The van der Waals surface area contributed by atoms with Crippen molar-refractivity contribution in [3.8, 4) is 5.75 Å². The lowest BCUT2D eigenvalue weighted by atomic mass is 10.2. The molecule has 1 N–H and O–H groups in total. The van der Waals surface area contributed by atoms with Gasteiger partial charge in [0, 0.05) is 37.8 Å². The van der Waals surface area contributed by atoms with E-state index in [0.29, 0.717) is 18.4 Å². The van der Waals surface area contributed by atoms with Crippen LogP contribution in [0.15, 0.2) is 24.3 Å². The predicted octanol–water partition coefficient (Wildman–Crippen LogP) is 2.29. The molecule has 0 fully saturated rings. The Morgan fingerprint density at radius 1 is 1.33 bits per heavy atom. The molecule has 0 aromatic heterocycles. The second-order valence-electron chi connectivity index (χ2n) is 5.09. The Balaban J connectivity index is 2.13. The number of nitrogens with one attached hydrogen (secondary N) is 1. The summed E-state index contributed by atoms with van der Waals surface area (Å²) in [5.74, 6) is 0.652. The third-order valence-corrected chi connectivity index (χ3v) is 3.58. The molecule has 0 aliphatic carbocycles. The lowest BCUT2D eigenvalue weighted by Gasteiger charge is -2.23. The van der Waals surface area contributed by atoms with Gasteiger partial charge in [-0.1, -0.05) is 6.92 Å². The first-order valence-corrected chi connectivity index (χ1v) is 7.32. The molecule has 0 aliphatic heterocycles. The largest absolute Gasteiger partial charge is 0.492 e. The van der Waals surface area contributed by atoms with Gasteiger partial charge in [-0.05, 0) is 32.5 Å². The minimum absolute atomic E-state index is 0.0774. The quantitative estimate of drug-likeness (QED) is 0.407. The molecule has 1 unspecified atom stereocenters. The van der Waals surface area contributed by atoms with Crippen molar-refractivity contribution >= 4 is 5.69 Å². The van der Waals surface area contributed by atoms with Crippen LogP contribution in [-0.2, 0) is 0 Å². The summed E-state index contributed by atoms with van der Waals surface area (Å²) in [7, 11) is 2.13. The first-order chi connectivity index (χ1) is 10.0. The summed E-state index contributed by atoms with van der Waals surface area (Å²) in [4.78, 5) is 12.4. The van der Waals surface area contributed by atoms with E-state index in [0.717, 1.165) is 26.1 Å². The van der Waals surface area contributed by atoms with Gasteiger partial charge in [0.2, 0.25) is 0 Å². The van der Waals surface area contributed by atoms with Crippen molar-refractivity contribution in [3.63, 3.8) is 0 Å². The highest BCUT2D eigenvalue weighted by molar-refractivity contribution is 5.35. The molecule has 1 aromatic rings. The summed E-state index contributed by atoms with van der Waals surface area (Å²) in [6.45, 7) is 7.64. The molecule has 0 saturated carbocycles. The molecule has 0 radical (unpaired) electrons. The van der Waals surface area contributed by atoms with E-state index >= 15 is 0 Å². The van der Waals surface area contributed by atoms with E-state index in [-0.39, 0.29) is 5.69 Å². The number of benzene rings is 1. The van der Waals surface area contributed by atoms with E-state index in [9.17, 15) is 10.1 Å². The van der Waals surface area contributed by atoms with Gasteiger partial charge in [-0.2, -0.15) is 0 Å². The third-order valence-electron chi connectivity index (χ3n) is 3.58. The standard InChI is InChI=1S/C15H25N3O3/c1-4-13(2)17(3)11-9-16-10-12-21-15-7-5-14(6-8-15)18(19)20/h5-8,13,16H,4,9-12H2,1-3H3. The summed E-state index contributed by atoms with van der Waals surface area (Å²) in [6, 6.07) is 6.74. The van der Waals surface area contributed by atoms with Crippen LogP contribution in [0.3, 0.4) is 0 Å². The molecule has 0 saturated heterocycles. The van der Waals surface area contributed by atoms with Crippen LogP contribution in [0.5, 0.6) is 5.75 Å². The number of rotatable bonds is 10. The van der Waals surface area contributed by atoms with Gasteiger partial charge in [0.15, 0.2) is 0 Å².